The van der Waals surface area contributed by atoms with Crippen molar-refractivity contribution in [2.45, 2.75) is 13.5 Å². The summed E-state index contributed by atoms with van der Waals surface area (Å²) in [6.07, 6.45) is 1.69. The van der Waals surface area contributed by atoms with E-state index in [4.69, 9.17) is 9.47 Å². The van der Waals surface area contributed by atoms with Crippen LogP contribution in [0.4, 0.5) is 0 Å². The predicted octanol–water partition coefficient (Wildman–Crippen LogP) is 1.67. The van der Waals surface area contributed by atoms with Gasteiger partial charge in [-0.05, 0) is 25.1 Å². The lowest BCUT2D eigenvalue weighted by atomic mass is 10.1. The van der Waals surface area contributed by atoms with E-state index in [9.17, 15) is 4.79 Å². The molecular formula is C14H17N3O3. The molecule has 1 aromatic carbocycles. The molecule has 0 spiro atoms. The first-order chi connectivity index (χ1) is 9.65. The Kier molecular flexibility index (Phi) is 4.24. The maximum Gasteiger partial charge on any atom is 0.255 e. The van der Waals surface area contributed by atoms with Crippen molar-refractivity contribution >= 4 is 5.91 Å². The Morgan fingerprint density at radius 2 is 2.15 bits per heavy atom. The second-order valence-corrected chi connectivity index (χ2v) is 4.27. The van der Waals surface area contributed by atoms with Crippen LogP contribution in [0, 0.1) is 6.92 Å². The highest BCUT2D eigenvalue weighted by molar-refractivity contribution is 5.97. The number of nitrogens with zero attached hydrogens (tertiary/aromatic N) is 1. The van der Waals surface area contributed by atoms with Crippen molar-refractivity contribution in [1.29, 1.82) is 0 Å². The molecule has 0 aliphatic rings. The van der Waals surface area contributed by atoms with Gasteiger partial charge in [-0.3, -0.25) is 9.89 Å². The van der Waals surface area contributed by atoms with Gasteiger partial charge in [0.2, 0.25) is 0 Å². The van der Waals surface area contributed by atoms with E-state index in [1.165, 1.54) is 7.11 Å². The molecule has 1 aromatic heterocycles. The van der Waals surface area contributed by atoms with E-state index in [0.29, 0.717) is 23.6 Å². The summed E-state index contributed by atoms with van der Waals surface area (Å²) >= 11 is 0. The quantitative estimate of drug-likeness (QED) is 0.870. The summed E-state index contributed by atoms with van der Waals surface area (Å²) in [6.45, 7) is 2.31. The fraction of sp³-hybridized carbons (Fsp3) is 0.286. The van der Waals surface area contributed by atoms with Crippen LogP contribution >= 0.6 is 0 Å². The molecule has 6 nitrogen and oxygen atoms in total. The number of aromatic nitrogens is 2. The van der Waals surface area contributed by atoms with Crippen LogP contribution in [-0.2, 0) is 6.54 Å². The monoisotopic (exact) mass is 275 g/mol. The summed E-state index contributed by atoms with van der Waals surface area (Å²) in [7, 11) is 3.08. The van der Waals surface area contributed by atoms with Crippen LogP contribution in [-0.4, -0.2) is 30.3 Å². The molecule has 1 amide bonds. The molecular weight excluding hydrogens is 258 g/mol. The lowest BCUT2D eigenvalue weighted by Gasteiger charge is -2.10. The maximum atomic E-state index is 12.2. The summed E-state index contributed by atoms with van der Waals surface area (Å²) in [5.74, 6) is 0.893. The predicted molar refractivity (Wildman–Crippen MR) is 74.0 cm³/mol. The third kappa shape index (κ3) is 2.90. The lowest BCUT2D eigenvalue weighted by molar-refractivity contribution is 0.0947. The summed E-state index contributed by atoms with van der Waals surface area (Å²) in [5, 5.41) is 9.57. The fourth-order valence-corrected chi connectivity index (χ4v) is 1.82. The molecule has 0 aliphatic carbocycles. The number of amides is 1. The number of benzene rings is 1. The number of nitrogens with one attached hydrogen (secondary N) is 2. The van der Waals surface area contributed by atoms with Gasteiger partial charge in [0.1, 0.15) is 11.5 Å². The molecule has 0 aliphatic heterocycles. The van der Waals surface area contributed by atoms with Crippen molar-refractivity contribution in [3.05, 3.63) is 41.2 Å². The molecule has 0 unspecified atom stereocenters. The number of carbonyl (C=O) groups excluding carboxylic acids is 1. The van der Waals surface area contributed by atoms with E-state index in [2.05, 4.69) is 15.5 Å². The Bertz CT molecular complexity index is 607. The third-order valence-electron chi connectivity index (χ3n) is 3.02. The molecule has 1 heterocycles. The Hall–Kier alpha value is -2.50. The molecule has 0 fully saturated rings. The van der Waals surface area contributed by atoms with Crippen LogP contribution in [0.25, 0.3) is 0 Å². The minimum atomic E-state index is -0.221. The van der Waals surface area contributed by atoms with Gasteiger partial charge >= 0.3 is 0 Å². The van der Waals surface area contributed by atoms with Gasteiger partial charge in [-0.25, -0.2) is 0 Å². The van der Waals surface area contributed by atoms with Gasteiger partial charge in [-0.2, -0.15) is 5.10 Å². The number of methoxy groups -OCH3 is 2. The average Bonchev–Trinajstić information content (AvgIpc) is 2.89. The van der Waals surface area contributed by atoms with Crippen molar-refractivity contribution in [2.24, 2.45) is 0 Å². The Morgan fingerprint density at radius 3 is 2.75 bits per heavy atom. The zero-order valence-corrected chi connectivity index (χ0v) is 11.7. The van der Waals surface area contributed by atoms with Gasteiger partial charge in [0.15, 0.2) is 0 Å². The van der Waals surface area contributed by atoms with Crippen molar-refractivity contribution < 1.29 is 14.3 Å². The summed E-state index contributed by atoms with van der Waals surface area (Å²) in [4.78, 5) is 12.2. The SMILES string of the molecule is COc1ccc(OC)c(C(=O)NCc2cn[nH]c2C)c1. The van der Waals surface area contributed by atoms with Crippen LogP contribution < -0.4 is 14.8 Å². The minimum Gasteiger partial charge on any atom is -0.497 e. The van der Waals surface area contributed by atoms with E-state index in [1.807, 2.05) is 6.92 Å². The molecule has 0 bridgehead atoms. The van der Waals surface area contributed by atoms with Crippen molar-refractivity contribution in [3.63, 3.8) is 0 Å². The number of aromatic amines is 1. The standard InChI is InChI=1S/C14H17N3O3/c1-9-10(8-16-17-9)7-15-14(18)12-6-11(19-2)4-5-13(12)20-3/h4-6,8H,7H2,1-3H3,(H,15,18)(H,16,17). The second kappa shape index (κ2) is 6.10. The number of aryl methyl sites for hydroxylation is 1. The molecule has 6 heteroatoms. The lowest BCUT2D eigenvalue weighted by Crippen LogP contribution is -2.23. The van der Waals surface area contributed by atoms with Gasteiger partial charge in [-0.15, -0.1) is 0 Å². The van der Waals surface area contributed by atoms with Gasteiger partial charge in [0.25, 0.3) is 5.91 Å². The zero-order chi connectivity index (χ0) is 14.5. The number of H-pyrrole nitrogens is 1. The van der Waals surface area contributed by atoms with Crippen LogP contribution in [0.3, 0.4) is 0 Å². The smallest absolute Gasteiger partial charge is 0.255 e. The Morgan fingerprint density at radius 1 is 1.35 bits per heavy atom. The van der Waals surface area contributed by atoms with E-state index in [0.717, 1.165) is 11.3 Å². The molecule has 106 valence electrons. The van der Waals surface area contributed by atoms with Crippen LogP contribution in [0.2, 0.25) is 0 Å². The number of hydrogen-bond donors (Lipinski definition) is 2. The molecule has 20 heavy (non-hydrogen) atoms. The first-order valence-corrected chi connectivity index (χ1v) is 6.14. The topological polar surface area (TPSA) is 76.2 Å². The van der Waals surface area contributed by atoms with Crippen LogP contribution in [0.1, 0.15) is 21.6 Å². The molecule has 0 atom stereocenters. The van der Waals surface area contributed by atoms with Crippen molar-refractivity contribution in [1.82, 2.24) is 15.5 Å². The maximum absolute atomic E-state index is 12.2. The molecule has 0 saturated carbocycles. The van der Waals surface area contributed by atoms with Crippen LogP contribution in [0.5, 0.6) is 11.5 Å². The largest absolute Gasteiger partial charge is 0.497 e. The van der Waals surface area contributed by atoms with Gasteiger partial charge in [0.05, 0.1) is 26.0 Å². The van der Waals surface area contributed by atoms with E-state index >= 15 is 0 Å². The molecule has 2 rings (SSSR count). The molecule has 2 N–H and O–H groups in total. The van der Waals surface area contributed by atoms with E-state index in [-0.39, 0.29) is 5.91 Å². The van der Waals surface area contributed by atoms with E-state index in [1.54, 1.807) is 31.5 Å². The summed E-state index contributed by atoms with van der Waals surface area (Å²) < 4.78 is 10.3. The highest BCUT2D eigenvalue weighted by Gasteiger charge is 2.14. The van der Waals surface area contributed by atoms with Gasteiger partial charge in [-0.1, -0.05) is 0 Å². The van der Waals surface area contributed by atoms with Crippen molar-refractivity contribution in [3.8, 4) is 11.5 Å². The fourth-order valence-electron chi connectivity index (χ4n) is 1.82. The zero-order valence-electron chi connectivity index (χ0n) is 11.7. The second-order valence-electron chi connectivity index (χ2n) is 4.27. The Balaban J connectivity index is 2.14. The molecule has 0 radical (unpaired) electrons. The number of ether oxygens (including phenoxy) is 2. The molecule has 2 aromatic rings. The normalized spacial score (nSPS) is 10.2. The molecule has 0 saturated heterocycles. The van der Waals surface area contributed by atoms with Crippen molar-refractivity contribution in [2.75, 3.05) is 14.2 Å². The first-order valence-electron chi connectivity index (χ1n) is 6.14. The van der Waals surface area contributed by atoms with E-state index < -0.39 is 0 Å². The number of rotatable bonds is 5. The Labute approximate surface area is 117 Å². The minimum absolute atomic E-state index is 0.221. The highest BCUT2D eigenvalue weighted by atomic mass is 16.5. The number of hydrogen-bond acceptors (Lipinski definition) is 4. The highest BCUT2D eigenvalue weighted by Crippen LogP contribution is 2.23. The summed E-state index contributed by atoms with van der Waals surface area (Å²) in [6, 6.07) is 5.10. The number of carbonyl (C=O) groups is 1. The average molecular weight is 275 g/mol. The van der Waals surface area contributed by atoms with Gasteiger partial charge in [0, 0.05) is 17.8 Å². The third-order valence-corrected chi connectivity index (χ3v) is 3.02. The first kappa shape index (κ1) is 13.9. The summed E-state index contributed by atoms with van der Waals surface area (Å²) in [5.41, 5.74) is 2.32. The van der Waals surface area contributed by atoms with Crippen LogP contribution in [0.15, 0.2) is 24.4 Å². The van der Waals surface area contributed by atoms with Gasteiger partial charge < -0.3 is 14.8 Å².